The number of carbonyl (C=O) groups excluding carboxylic acids is 1. The number of rotatable bonds is 5. The van der Waals surface area contributed by atoms with Crippen LogP contribution in [0.3, 0.4) is 0 Å². The summed E-state index contributed by atoms with van der Waals surface area (Å²) in [6, 6.07) is 4.40. The molecule has 0 aromatic heterocycles. The minimum Gasteiger partial charge on any atom is -0.299 e. The van der Waals surface area contributed by atoms with Gasteiger partial charge in [-0.3, -0.25) is 4.79 Å². The maximum Gasteiger partial charge on any atom is 0.138 e. The van der Waals surface area contributed by atoms with Crippen molar-refractivity contribution in [3.63, 3.8) is 0 Å². The molecular weight excluding hydrogens is 235 g/mol. The van der Waals surface area contributed by atoms with Crippen LogP contribution in [0.5, 0.6) is 0 Å². The zero-order valence-electron chi connectivity index (χ0n) is 8.43. The Hall–Kier alpha value is -0.540. The first-order valence-electron chi connectivity index (χ1n) is 4.58. The Morgan fingerprint density at radius 3 is 2.87 bits per heavy atom. The van der Waals surface area contributed by atoms with Crippen LogP contribution in [0.25, 0.3) is 0 Å². The molecule has 0 aliphatic carbocycles. The van der Waals surface area contributed by atoms with Gasteiger partial charge in [-0.15, -0.1) is 0 Å². The Labute approximate surface area is 98.0 Å². The Morgan fingerprint density at radius 1 is 1.53 bits per heavy atom. The van der Waals surface area contributed by atoms with E-state index < -0.39 is 5.82 Å². The maximum atomic E-state index is 13.3. The average Bonchev–Trinajstić information content (AvgIpc) is 2.19. The van der Waals surface area contributed by atoms with Gasteiger partial charge in [0.15, 0.2) is 0 Å². The van der Waals surface area contributed by atoms with Crippen molar-refractivity contribution in [2.24, 2.45) is 0 Å². The van der Waals surface area contributed by atoms with Crippen molar-refractivity contribution in [1.29, 1.82) is 0 Å². The molecule has 0 N–H and O–H groups in total. The predicted molar refractivity (Wildman–Crippen MR) is 63.1 cm³/mol. The van der Waals surface area contributed by atoms with E-state index in [-0.39, 0.29) is 12.2 Å². The molecule has 1 rings (SSSR count). The molecule has 15 heavy (non-hydrogen) atoms. The van der Waals surface area contributed by atoms with Gasteiger partial charge in [-0.1, -0.05) is 17.7 Å². The molecule has 0 saturated heterocycles. The first-order valence-corrected chi connectivity index (χ1v) is 6.35. The van der Waals surface area contributed by atoms with Crippen molar-refractivity contribution < 1.29 is 9.18 Å². The minimum absolute atomic E-state index is 0.0607. The fourth-order valence-electron chi connectivity index (χ4n) is 1.18. The van der Waals surface area contributed by atoms with Crippen LogP contribution in [0.4, 0.5) is 4.39 Å². The second-order valence-electron chi connectivity index (χ2n) is 3.19. The number of halogens is 2. The summed E-state index contributed by atoms with van der Waals surface area (Å²) in [5.74, 6) is 0.444. The third-order valence-corrected chi connectivity index (χ3v) is 2.84. The molecule has 0 amide bonds. The second-order valence-corrected chi connectivity index (χ2v) is 4.62. The van der Waals surface area contributed by atoms with Crippen LogP contribution >= 0.6 is 23.4 Å². The molecule has 0 radical (unpaired) electrons. The molecule has 1 nitrogen and oxygen atoms in total. The topological polar surface area (TPSA) is 17.1 Å². The summed E-state index contributed by atoms with van der Waals surface area (Å²) in [6.45, 7) is 0. The third-order valence-electron chi connectivity index (χ3n) is 1.99. The predicted octanol–water partition coefficient (Wildman–Crippen LogP) is 3.34. The molecule has 0 atom stereocenters. The summed E-state index contributed by atoms with van der Waals surface area (Å²) in [5.41, 5.74) is 0.422. The van der Waals surface area contributed by atoms with Crippen LogP contribution in [0.1, 0.15) is 12.0 Å². The third kappa shape index (κ3) is 4.22. The molecule has 0 unspecified atom stereocenters. The number of benzene rings is 1. The normalized spacial score (nSPS) is 10.3. The lowest BCUT2D eigenvalue weighted by molar-refractivity contribution is -0.118. The van der Waals surface area contributed by atoms with Gasteiger partial charge in [-0.2, -0.15) is 11.8 Å². The van der Waals surface area contributed by atoms with Crippen molar-refractivity contribution in [2.45, 2.75) is 12.8 Å². The highest BCUT2D eigenvalue weighted by atomic mass is 35.5. The van der Waals surface area contributed by atoms with Gasteiger partial charge in [0.25, 0.3) is 0 Å². The lowest BCUT2D eigenvalue weighted by atomic mass is 10.1. The zero-order valence-corrected chi connectivity index (χ0v) is 10.00. The maximum absolute atomic E-state index is 13.3. The Balaban J connectivity index is 2.60. The van der Waals surface area contributed by atoms with Crippen LogP contribution in [0, 0.1) is 5.82 Å². The SMILES string of the molecule is CSCCC(=O)Cc1ccc(Cl)cc1F. The molecule has 4 heteroatoms. The van der Waals surface area contributed by atoms with Gasteiger partial charge in [0, 0.05) is 17.9 Å². The van der Waals surface area contributed by atoms with Crippen molar-refractivity contribution in [2.75, 3.05) is 12.0 Å². The largest absolute Gasteiger partial charge is 0.299 e. The lowest BCUT2D eigenvalue weighted by Crippen LogP contribution is -2.05. The number of thioether (sulfide) groups is 1. The minimum atomic E-state index is -0.403. The highest BCUT2D eigenvalue weighted by molar-refractivity contribution is 7.98. The van der Waals surface area contributed by atoms with E-state index in [1.54, 1.807) is 23.9 Å². The van der Waals surface area contributed by atoms with Gasteiger partial charge in [-0.25, -0.2) is 4.39 Å². The molecule has 1 aromatic carbocycles. The van der Waals surface area contributed by atoms with Crippen LogP contribution in [-0.4, -0.2) is 17.8 Å². The van der Waals surface area contributed by atoms with E-state index in [1.165, 1.54) is 6.07 Å². The Kier molecular flexibility index (Phi) is 5.12. The molecule has 82 valence electrons. The van der Waals surface area contributed by atoms with Gasteiger partial charge in [0.1, 0.15) is 11.6 Å². The van der Waals surface area contributed by atoms with E-state index in [9.17, 15) is 9.18 Å². The van der Waals surface area contributed by atoms with E-state index in [2.05, 4.69) is 0 Å². The smallest absolute Gasteiger partial charge is 0.138 e. The van der Waals surface area contributed by atoms with Gasteiger partial charge >= 0.3 is 0 Å². The van der Waals surface area contributed by atoms with E-state index in [4.69, 9.17) is 11.6 Å². The van der Waals surface area contributed by atoms with E-state index in [0.717, 1.165) is 5.75 Å². The summed E-state index contributed by atoms with van der Waals surface area (Å²) in [5, 5.41) is 0.354. The lowest BCUT2D eigenvalue weighted by Gasteiger charge is -2.02. The van der Waals surface area contributed by atoms with E-state index >= 15 is 0 Å². The monoisotopic (exact) mass is 246 g/mol. The van der Waals surface area contributed by atoms with E-state index in [0.29, 0.717) is 17.0 Å². The van der Waals surface area contributed by atoms with Gasteiger partial charge < -0.3 is 0 Å². The number of carbonyl (C=O) groups is 1. The van der Waals surface area contributed by atoms with Crippen molar-refractivity contribution in [3.8, 4) is 0 Å². The van der Waals surface area contributed by atoms with Crippen LogP contribution in [-0.2, 0) is 11.2 Å². The first-order chi connectivity index (χ1) is 7.13. The van der Waals surface area contributed by atoms with Crippen molar-refractivity contribution in [1.82, 2.24) is 0 Å². The second kappa shape index (κ2) is 6.13. The summed E-state index contributed by atoms with van der Waals surface area (Å²) < 4.78 is 13.3. The number of hydrogen-bond donors (Lipinski definition) is 0. The molecular formula is C11H12ClFOS. The summed E-state index contributed by atoms with van der Waals surface area (Å²) in [7, 11) is 0. The molecule has 0 saturated carbocycles. The van der Waals surface area contributed by atoms with Gasteiger partial charge in [-0.05, 0) is 29.7 Å². The molecule has 1 aromatic rings. The molecule has 0 heterocycles. The molecule has 0 spiro atoms. The average molecular weight is 247 g/mol. The van der Waals surface area contributed by atoms with Crippen molar-refractivity contribution >= 4 is 29.1 Å². The van der Waals surface area contributed by atoms with Gasteiger partial charge in [0.05, 0.1) is 0 Å². The quantitative estimate of drug-likeness (QED) is 0.793. The Morgan fingerprint density at radius 2 is 2.27 bits per heavy atom. The fraction of sp³-hybridized carbons (Fsp3) is 0.364. The fourth-order valence-corrected chi connectivity index (χ4v) is 1.77. The van der Waals surface area contributed by atoms with Gasteiger partial charge in [0.2, 0.25) is 0 Å². The number of ketones is 1. The highest BCUT2D eigenvalue weighted by Crippen LogP contribution is 2.15. The first kappa shape index (κ1) is 12.5. The molecule has 0 aliphatic rings. The van der Waals surface area contributed by atoms with E-state index in [1.807, 2.05) is 6.26 Å². The molecule has 0 aliphatic heterocycles. The number of Topliss-reactive ketones (excluding diaryl/α,β-unsaturated/α-hetero) is 1. The Bertz CT molecular complexity index is 354. The van der Waals surface area contributed by atoms with Crippen molar-refractivity contribution in [3.05, 3.63) is 34.6 Å². The summed E-state index contributed by atoms with van der Waals surface area (Å²) in [4.78, 5) is 11.4. The molecule has 0 bridgehead atoms. The van der Waals surface area contributed by atoms with Crippen LogP contribution < -0.4 is 0 Å². The highest BCUT2D eigenvalue weighted by Gasteiger charge is 2.08. The summed E-state index contributed by atoms with van der Waals surface area (Å²) in [6.07, 6.45) is 2.59. The molecule has 0 fully saturated rings. The summed E-state index contributed by atoms with van der Waals surface area (Å²) >= 11 is 7.22. The zero-order chi connectivity index (χ0) is 11.3. The number of hydrogen-bond acceptors (Lipinski definition) is 2. The van der Waals surface area contributed by atoms with Crippen LogP contribution in [0.2, 0.25) is 5.02 Å². The standard InChI is InChI=1S/C11H12ClFOS/c1-15-5-4-10(14)6-8-2-3-9(12)7-11(8)13/h2-3,7H,4-6H2,1H3. The van der Waals surface area contributed by atoms with Crippen LogP contribution in [0.15, 0.2) is 18.2 Å².